The van der Waals surface area contributed by atoms with E-state index in [1.54, 1.807) is 31.3 Å². The van der Waals surface area contributed by atoms with Crippen LogP contribution < -0.4 is 20.1 Å². The predicted molar refractivity (Wildman–Crippen MR) is 109 cm³/mol. The van der Waals surface area contributed by atoms with Crippen LogP contribution in [0.2, 0.25) is 0 Å². The zero-order valence-electron chi connectivity index (χ0n) is 17.0. The second-order valence-electron chi connectivity index (χ2n) is 6.67. The van der Waals surface area contributed by atoms with Crippen molar-refractivity contribution in [3.8, 4) is 11.5 Å². The Hall–Kier alpha value is -3.06. The molecule has 2 amide bonds. The van der Waals surface area contributed by atoms with Crippen LogP contribution in [0, 0.1) is 6.92 Å². The van der Waals surface area contributed by atoms with Crippen molar-refractivity contribution in [1.29, 1.82) is 0 Å². The number of anilines is 1. The van der Waals surface area contributed by atoms with Gasteiger partial charge in [0.05, 0.1) is 20.8 Å². The van der Waals surface area contributed by atoms with Crippen molar-refractivity contribution in [1.82, 2.24) is 10.2 Å². The van der Waals surface area contributed by atoms with E-state index in [0.717, 1.165) is 11.1 Å². The van der Waals surface area contributed by atoms with Crippen LogP contribution >= 0.6 is 0 Å². The average Bonchev–Trinajstić information content (AvgIpc) is 2.65. The van der Waals surface area contributed by atoms with Crippen molar-refractivity contribution >= 4 is 17.5 Å². The molecule has 0 heterocycles. The molecule has 0 atom stereocenters. The second-order valence-corrected chi connectivity index (χ2v) is 6.67. The van der Waals surface area contributed by atoms with Crippen molar-refractivity contribution in [2.75, 3.05) is 40.2 Å². The van der Waals surface area contributed by atoms with Gasteiger partial charge in [-0.25, -0.2) is 0 Å². The minimum absolute atomic E-state index is 0.0926. The van der Waals surface area contributed by atoms with Crippen LogP contribution in [0.1, 0.15) is 21.5 Å². The van der Waals surface area contributed by atoms with Crippen molar-refractivity contribution in [3.63, 3.8) is 0 Å². The van der Waals surface area contributed by atoms with Crippen molar-refractivity contribution < 1.29 is 19.1 Å². The van der Waals surface area contributed by atoms with Crippen molar-refractivity contribution in [2.24, 2.45) is 0 Å². The maximum absolute atomic E-state index is 12.6. The molecule has 0 fully saturated rings. The highest BCUT2D eigenvalue weighted by molar-refractivity contribution is 5.95. The minimum Gasteiger partial charge on any atom is -0.496 e. The number of amides is 2. The molecule has 150 valence electrons. The van der Waals surface area contributed by atoms with E-state index in [0.29, 0.717) is 35.8 Å². The molecule has 0 saturated heterocycles. The van der Waals surface area contributed by atoms with Crippen LogP contribution in [0.3, 0.4) is 0 Å². The summed E-state index contributed by atoms with van der Waals surface area (Å²) in [7, 11) is 6.78. The van der Waals surface area contributed by atoms with E-state index in [-0.39, 0.29) is 11.8 Å². The van der Waals surface area contributed by atoms with Crippen LogP contribution in [-0.4, -0.2) is 51.6 Å². The van der Waals surface area contributed by atoms with E-state index in [2.05, 4.69) is 10.6 Å². The zero-order chi connectivity index (χ0) is 20.7. The first kappa shape index (κ1) is 21.2. The Kier molecular flexibility index (Phi) is 7.40. The Balaban J connectivity index is 2.05. The normalized spacial score (nSPS) is 10.5. The van der Waals surface area contributed by atoms with E-state index in [4.69, 9.17) is 9.47 Å². The topological polar surface area (TPSA) is 79.9 Å². The van der Waals surface area contributed by atoms with E-state index < -0.39 is 0 Å². The maximum Gasteiger partial charge on any atom is 0.251 e. The van der Waals surface area contributed by atoms with Gasteiger partial charge in [-0.15, -0.1) is 0 Å². The fourth-order valence-electron chi connectivity index (χ4n) is 2.75. The molecule has 28 heavy (non-hydrogen) atoms. The third-order valence-corrected chi connectivity index (χ3v) is 4.14. The quantitative estimate of drug-likeness (QED) is 0.730. The SMILES string of the molecule is COc1cc(C(=O)NCc2cccc(NC(=O)CN(C)C)c2)cc(OC)c1C. The molecule has 0 bridgehead atoms. The Bertz CT molecular complexity index is 824. The number of methoxy groups -OCH3 is 2. The number of nitrogens with one attached hydrogen (secondary N) is 2. The van der Waals surface area contributed by atoms with Gasteiger partial charge in [0.15, 0.2) is 0 Å². The Morgan fingerprint density at radius 1 is 1.04 bits per heavy atom. The van der Waals surface area contributed by atoms with Crippen molar-refractivity contribution in [2.45, 2.75) is 13.5 Å². The molecular weight excluding hydrogens is 358 g/mol. The number of carbonyl (C=O) groups excluding carboxylic acids is 2. The summed E-state index contributed by atoms with van der Waals surface area (Å²) >= 11 is 0. The molecular formula is C21H27N3O4. The summed E-state index contributed by atoms with van der Waals surface area (Å²) in [6, 6.07) is 10.7. The molecule has 0 aliphatic heterocycles. The standard InChI is InChI=1S/C21H27N3O4/c1-14-18(27-4)10-16(11-19(14)28-5)21(26)22-12-15-7-6-8-17(9-15)23-20(25)13-24(2)3/h6-11H,12-13H2,1-5H3,(H,22,26)(H,23,25). The Labute approximate surface area is 165 Å². The Morgan fingerprint density at radius 3 is 2.25 bits per heavy atom. The fourth-order valence-corrected chi connectivity index (χ4v) is 2.75. The fraction of sp³-hybridized carbons (Fsp3) is 0.333. The molecule has 2 rings (SSSR count). The van der Waals surface area contributed by atoms with Gasteiger partial charge in [0, 0.05) is 23.4 Å². The summed E-state index contributed by atoms with van der Waals surface area (Å²) in [6.45, 7) is 2.50. The largest absolute Gasteiger partial charge is 0.496 e. The van der Waals surface area contributed by atoms with Gasteiger partial charge in [0.2, 0.25) is 5.91 Å². The summed E-state index contributed by atoms with van der Waals surface area (Å²) in [6.07, 6.45) is 0. The Morgan fingerprint density at radius 2 is 1.68 bits per heavy atom. The number of hydrogen-bond donors (Lipinski definition) is 2. The summed E-state index contributed by atoms with van der Waals surface area (Å²) in [5.41, 5.74) is 2.86. The molecule has 0 aliphatic rings. The third-order valence-electron chi connectivity index (χ3n) is 4.14. The number of nitrogens with zero attached hydrogens (tertiary/aromatic N) is 1. The predicted octanol–water partition coefficient (Wildman–Crippen LogP) is 2.44. The molecule has 0 aliphatic carbocycles. The summed E-state index contributed by atoms with van der Waals surface area (Å²) < 4.78 is 10.6. The highest BCUT2D eigenvalue weighted by Crippen LogP contribution is 2.29. The second kappa shape index (κ2) is 9.75. The van der Waals surface area contributed by atoms with Gasteiger partial charge >= 0.3 is 0 Å². The minimum atomic E-state index is -0.237. The van der Waals surface area contributed by atoms with Crippen LogP contribution in [-0.2, 0) is 11.3 Å². The highest BCUT2D eigenvalue weighted by Gasteiger charge is 2.13. The van der Waals surface area contributed by atoms with E-state index in [1.165, 1.54) is 0 Å². The van der Waals surface area contributed by atoms with Gasteiger partial charge in [-0.1, -0.05) is 12.1 Å². The van der Waals surface area contributed by atoms with Crippen LogP contribution in [0.5, 0.6) is 11.5 Å². The molecule has 0 aromatic heterocycles. The molecule has 7 heteroatoms. The lowest BCUT2D eigenvalue weighted by Gasteiger charge is -2.13. The number of ether oxygens (including phenoxy) is 2. The van der Waals surface area contributed by atoms with Crippen LogP contribution in [0.25, 0.3) is 0 Å². The van der Waals surface area contributed by atoms with Gasteiger partial charge < -0.3 is 25.0 Å². The van der Waals surface area contributed by atoms with Crippen molar-refractivity contribution in [3.05, 3.63) is 53.1 Å². The average molecular weight is 385 g/mol. The number of rotatable bonds is 8. The van der Waals surface area contributed by atoms with Crippen LogP contribution in [0.4, 0.5) is 5.69 Å². The first-order chi connectivity index (χ1) is 13.3. The molecule has 2 N–H and O–H groups in total. The third kappa shape index (κ3) is 5.72. The summed E-state index contributed by atoms with van der Waals surface area (Å²) in [5.74, 6) is 0.855. The maximum atomic E-state index is 12.6. The van der Waals surface area contributed by atoms with E-state index in [1.807, 2.05) is 45.3 Å². The zero-order valence-corrected chi connectivity index (χ0v) is 17.0. The lowest BCUT2D eigenvalue weighted by molar-refractivity contribution is -0.116. The first-order valence-electron chi connectivity index (χ1n) is 8.88. The number of benzene rings is 2. The van der Waals surface area contributed by atoms with Gasteiger partial charge in [-0.2, -0.15) is 0 Å². The molecule has 0 radical (unpaired) electrons. The lowest BCUT2D eigenvalue weighted by Crippen LogP contribution is -2.27. The summed E-state index contributed by atoms with van der Waals surface area (Å²) in [5, 5.41) is 5.72. The van der Waals surface area contributed by atoms with E-state index in [9.17, 15) is 9.59 Å². The molecule has 0 unspecified atom stereocenters. The van der Waals surface area contributed by atoms with Gasteiger partial charge in [0.1, 0.15) is 11.5 Å². The number of carbonyl (C=O) groups is 2. The number of likely N-dealkylation sites (N-methyl/N-ethyl adjacent to an activating group) is 1. The monoisotopic (exact) mass is 385 g/mol. The van der Waals surface area contributed by atoms with Gasteiger partial charge in [-0.3, -0.25) is 9.59 Å². The molecule has 0 spiro atoms. The lowest BCUT2D eigenvalue weighted by atomic mass is 10.1. The number of hydrogen-bond acceptors (Lipinski definition) is 5. The molecule has 2 aromatic carbocycles. The van der Waals surface area contributed by atoms with Gasteiger partial charge in [0.25, 0.3) is 5.91 Å². The smallest absolute Gasteiger partial charge is 0.251 e. The summed E-state index contributed by atoms with van der Waals surface area (Å²) in [4.78, 5) is 26.2. The first-order valence-corrected chi connectivity index (χ1v) is 8.88. The molecule has 0 saturated carbocycles. The highest BCUT2D eigenvalue weighted by atomic mass is 16.5. The molecule has 7 nitrogen and oxygen atoms in total. The van der Waals surface area contributed by atoms with E-state index >= 15 is 0 Å². The van der Waals surface area contributed by atoms with Crippen LogP contribution in [0.15, 0.2) is 36.4 Å². The molecule has 2 aromatic rings. The van der Waals surface area contributed by atoms with Gasteiger partial charge in [-0.05, 0) is 50.8 Å².